The highest BCUT2D eigenvalue weighted by molar-refractivity contribution is 7.90. The second-order valence-corrected chi connectivity index (χ2v) is 4.19. The summed E-state index contributed by atoms with van der Waals surface area (Å²) in [6.07, 6.45) is 0.558. The third kappa shape index (κ3) is 3.88. The van der Waals surface area contributed by atoms with E-state index >= 15 is 0 Å². The topological polar surface area (TPSA) is 83.5 Å². The maximum Gasteiger partial charge on any atom is 0.511 e. The van der Waals surface area contributed by atoms with Crippen LogP contribution in [0.3, 0.4) is 0 Å². The Morgan fingerprint density at radius 2 is 2.00 bits per heavy atom. The summed E-state index contributed by atoms with van der Waals surface area (Å²) in [5.41, 5.74) is -5.53. The zero-order chi connectivity index (χ0) is 12.3. The number of alkyl halides is 3. The number of carbonyl (C=O) groups is 1. The molecule has 0 aromatic rings. The van der Waals surface area contributed by atoms with Gasteiger partial charge in [0.25, 0.3) is 0 Å². The van der Waals surface area contributed by atoms with E-state index in [2.05, 4.69) is 6.58 Å². The van der Waals surface area contributed by atoms with Crippen molar-refractivity contribution in [3.63, 3.8) is 0 Å². The van der Waals surface area contributed by atoms with Crippen molar-refractivity contribution < 1.29 is 31.5 Å². The van der Waals surface area contributed by atoms with Gasteiger partial charge in [-0.05, 0) is 6.42 Å². The molecule has 2 N–H and O–H groups in total. The fraction of sp³-hybridized carbons (Fsp3) is 0.500. The predicted octanol–water partition coefficient (Wildman–Crippen LogP) is 0.455. The molecule has 0 amide bonds. The molecule has 88 valence electrons. The first-order valence-electron chi connectivity index (χ1n) is 3.54. The zero-order valence-corrected chi connectivity index (χ0v) is 8.10. The molecule has 0 spiro atoms. The maximum atomic E-state index is 11.8. The van der Waals surface area contributed by atoms with E-state index in [9.17, 15) is 26.4 Å². The van der Waals surface area contributed by atoms with E-state index < -0.39 is 34.0 Å². The molecule has 0 saturated heterocycles. The standard InChI is InChI=1S/C6H8F3NO4S/c1-2-3-4(5(11)12)10-15(13,14)6(7,8)9/h2,4,10H,1,3H2,(H,11,12). The van der Waals surface area contributed by atoms with Gasteiger partial charge in [-0.3, -0.25) is 4.79 Å². The number of hydrogen-bond donors (Lipinski definition) is 2. The summed E-state index contributed by atoms with van der Waals surface area (Å²) in [4.78, 5) is 10.4. The second kappa shape index (κ2) is 4.62. The van der Waals surface area contributed by atoms with Crippen molar-refractivity contribution in [2.24, 2.45) is 0 Å². The molecular formula is C6H8F3NO4S. The lowest BCUT2D eigenvalue weighted by Crippen LogP contribution is -2.46. The van der Waals surface area contributed by atoms with E-state index in [1.54, 1.807) is 0 Å². The first-order chi connectivity index (χ1) is 6.62. The van der Waals surface area contributed by atoms with Crippen molar-refractivity contribution in [3.8, 4) is 0 Å². The molecule has 0 fully saturated rings. The van der Waals surface area contributed by atoms with Gasteiger partial charge in [-0.15, -0.1) is 6.58 Å². The molecule has 0 bridgehead atoms. The Morgan fingerprint density at radius 1 is 1.53 bits per heavy atom. The third-order valence-corrected chi connectivity index (χ3v) is 2.51. The number of rotatable bonds is 5. The van der Waals surface area contributed by atoms with Gasteiger partial charge in [0.15, 0.2) is 0 Å². The van der Waals surface area contributed by atoms with Crippen LogP contribution in [0.2, 0.25) is 0 Å². The first-order valence-corrected chi connectivity index (χ1v) is 5.02. The van der Waals surface area contributed by atoms with Crippen molar-refractivity contribution in [2.75, 3.05) is 0 Å². The number of halogens is 3. The lowest BCUT2D eigenvalue weighted by atomic mass is 10.2. The molecule has 1 unspecified atom stereocenters. The van der Waals surface area contributed by atoms with Crippen LogP contribution in [0.15, 0.2) is 12.7 Å². The summed E-state index contributed by atoms with van der Waals surface area (Å²) >= 11 is 0. The van der Waals surface area contributed by atoms with Crippen molar-refractivity contribution in [1.82, 2.24) is 4.72 Å². The number of carboxylic acids is 1. The molecule has 0 aromatic heterocycles. The first kappa shape index (κ1) is 13.9. The average Bonchev–Trinajstić information content (AvgIpc) is 2.00. The normalized spacial score (nSPS) is 14.6. The van der Waals surface area contributed by atoms with Crippen molar-refractivity contribution in [3.05, 3.63) is 12.7 Å². The van der Waals surface area contributed by atoms with Crippen LogP contribution in [0.1, 0.15) is 6.42 Å². The highest BCUT2D eigenvalue weighted by Gasteiger charge is 2.47. The van der Waals surface area contributed by atoms with Gasteiger partial charge >= 0.3 is 21.5 Å². The van der Waals surface area contributed by atoms with E-state index in [4.69, 9.17) is 5.11 Å². The molecule has 0 heterocycles. The van der Waals surface area contributed by atoms with E-state index in [1.165, 1.54) is 0 Å². The Labute approximate surface area is 83.6 Å². The lowest BCUT2D eigenvalue weighted by Gasteiger charge is -2.14. The number of carboxylic acid groups (broad SMARTS) is 1. The van der Waals surface area contributed by atoms with E-state index in [-0.39, 0.29) is 0 Å². The molecule has 0 aliphatic heterocycles. The van der Waals surface area contributed by atoms with Crippen molar-refractivity contribution >= 4 is 16.0 Å². The zero-order valence-electron chi connectivity index (χ0n) is 7.28. The monoisotopic (exact) mass is 247 g/mol. The molecule has 0 aliphatic carbocycles. The molecule has 0 aromatic carbocycles. The predicted molar refractivity (Wildman–Crippen MR) is 44.3 cm³/mol. The van der Waals surface area contributed by atoms with Gasteiger partial charge in [-0.25, -0.2) is 8.42 Å². The van der Waals surface area contributed by atoms with Crippen molar-refractivity contribution in [1.29, 1.82) is 0 Å². The summed E-state index contributed by atoms with van der Waals surface area (Å²) < 4.78 is 57.5. The van der Waals surface area contributed by atoms with Gasteiger partial charge in [0, 0.05) is 0 Å². The summed E-state index contributed by atoms with van der Waals surface area (Å²) in [5, 5.41) is 8.39. The van der Waals surface area contributed by atoms with Crippen LogP contribution in [-0.4, -0.2) is 31.0 Å². The summed E-state index contributed by atoms with van der Waals surface area (Å²) in [6.45, 7) is 3.10. The molecule has 9 heteroatoms. The quantitative estimate of drug-likeness (QED) is 0.691. The molecule has 0 rings (SSSR count). The minimum atomic E-state index is -5.64. The number of sulfonamides is 1. The largest absolute Gasteiger partial charge is 0.511 e. The van der Waals surface area contributed by atoms with Gasteiger partial charge in [0.05, 0.1) is 0 Å². The Kier molecular flexibility index (Phi) is 4.28. The summed E-state index contributed by atoms with van der Waals surface area (Å²) in [5.74, 6) is -1.71. The van der Waals surface area contributed by atoms with Crippen LogP contribution in [0.25, 0.3) is 0 Å². The van der Waals surface area contributed by atoms with E-state index in [1.807, 2.05) is 0 Å². The lowest BCUT2D eigenvalue weighted by molar-refractivity contribution is -0.138. The Bertz CT molecular complexity index is 348. The van der Waals surface area contributed by atoms with E-state index in [0.717, 1.165) is 10.8 Å². The van der Waals surface area contributed by atoms with Gasteiger partial charge in [-0.2, -0.15) is 17.9 Å². The molecule has 0 aliphatic rings. The highest BCUT2D eigenvalue weighted by atomic mass is 32.2. The van der Waals surface area contributed by atoms with Gasteiger partial charge in [0.2, 0.25) is 0 Å². The van der Waals surface area contributed by atoms with Crippen LogP contribution in [0.5, 0.6) is 0 Å². The second-order valence-electron chi connectivity index (χ2n) is 2.48. The van der Waals surface area contributed by atoms with Gasteiger partial charge in [-0.1, -0.05) is 6.08 Å². The minimum Gasteiger partial charge on any atom is -0.480 e. The molecule has 0 saturated carbocycles. The fourth-order valence-electron chi connectivity index (χ4n) is 0.620. The van der Waals surface area contributed by atoms with E-state index in [0.29, 0.717) is 0 Å². The van der Waals surface area contributed by atoms with Crippen LogP contribution in [0.4, 0.5) is 13.2 Å². The molecular weight excluding hydrogens is 239 g/mol. The smallest absolute Gasteiger partial charge is 0.480 e. The number of hydrogen-bond acceptors (Lipinski definition) is 3. The van der Waals surface area contributed by atoms with Crippen LogP contribution in [0, 0.1) is 0 Å². The molecule has 0 radical (unpaired) electrons. The third-order valence-electron chi connectivity index (χ3n) is 1.30. The van der Waals surface area contributed by atoms with Crippen molar-refractivity contribution in [2.45, 2.75) is 18.0 Å². The number of nitrogens with one attached hydrogen (secondary N) is 1. The minimum absolute atomic E-state index is 0.440. The highest BCUT2D eigenvalue weighted by Crippen LogP contribution is 2.22. The maximum absolute atomic E-state index is 11.8. The summed E-state index contributed by atoms with van der Waals surface area (Å²) in [6, 6.07) is -1.87. The Balaban J connectivity index is 4.83. The number of aliphatic carboxylic acids is 1. The SMILES string of the molecule is C=CCC(NS(=O)(=O)C(F)(F)F)C(=O)O. The van der Waals surface area contributed by atoms with Gasteiger partial charge < -0.3 is 5.11 Å². The van der Waals surface area contributed by atoms with Crippen LogP contribution in [-0.2, 0) is 14.8 Å². The van der Waals surface area contributed by atoms with Crippen LogP contribution >= 0.6 is 0 Å². The summed E-state index contributed by atoms with van der Waals surface area (Å²) in [7, 11) is -5.64. The van der Waals surface area contributed by atoms with Crippen LogP contribution < -0.4 is 4.72 Å². The average molecular weight is 247 g/mol. The Hall–Kier alpha value is -1.09. The molecule has 15 heavy (non-hydrogen) atoms. The fourth-order valence-corrected chi connectivity index (χ4v) is 1.33. The van der Waals surface area contributed by atoms with Gasteiger partial charge in [0.1, 0.15) is 6.04 Å². The Morgan fingerprint density at radius 3 is 2.27 bits per heavy atom. The molecule has 1 atom stereocenters. The molecule has 5 nitrogen and oxygen atoms in total.